The van der Waals surface area contributed by atoms with Crippen LogP contribution >= 0.6 is 22.6 Å². The average molecular weight is 385 g/mol. The van der Waals surface area contributed by atoms with E-state index in [1.54, 1.807) is 6.07 Å². The van der Waals surface area contributed by atoms with Gasteiger partial charge in [-0.15, -0.1) is 0 Å². The molecule has 2 rings (SSSR count). The molecule has 0 fully saturated rings. The summed E-state index contributed by atoms with van der Waals surface area (Å²) >= 11 is 2.23. The van der Waals surface area contributed by atoms with Gasteiger partial charge in [-0.25, -0.2) is 4.39 Å². The molecule has 0 aliphatic rings. The topological polar surface area (TPSA) is 70.6 Å². The van der Waals surface area contributed by atoms with E-state index >= 15 is 0 Å². The van der Waals surface area contributed by atoms with Gasteiger partial charge in [-0.2, -0.15) is 0 Å². The van der Waals surface area contributed by atoms with Gasteiger partial charge in [0.25, 0.3) is 0 Å². The number of oxime groups is 1. The highest BCUT2D eigenvalue weighted by molar-refractivity contribution is 14.1. The quantitative estimate of drug-likeness (QED) is 0.249. The van der Waals surface area contributed by atoms with Crippen LogP contribution in [0, 0.1) is 9.39 Å². The minimum Gasteiger partial charge on any atom is -0.409 e. The number of anilines is 1. The van der Waals surface area contributed by atoms with Gasteiger partial charge < -0.3 is 16.3 Å². The van der Waals surface area contributed by atoms with Crippen molar-refractivity contribution in [3.8, 4) is 0 Å². The first-order valence-electron chi connectivity index (χ1n) is 5.86. The molecular formula is C14H13FIN3O. The maximum atomic E-state index is 13.3. The van der Waals surface area contributed by atoms with Gasteiger partial charge in [-0.1, -0.05) is 23.4 Å². The lowest BCUT2D eigenvalue weighted by molar-refractivity contribution is 0.318. The van der Waals surface area contributed by atoms with Crippen molar-refractivity contribution in [2.45, 2.75) is 6.54 Å². The standard InChI is InChI=1S/C14H13FIN3O/c15-10-6-5-9(11(7-10)14(17)19-20)8-18-13-4-2-1-3-12(13)16/h1-7,18,20H,8H2,(H2,17,19). The molecule has 0 heterocycles. The van der Waals surface area contributed by atoms with Crippen molar-refractivity contribution in [3.05, 3.63) is 63.0 Å². The third-order valence-corrected chi connectivity index (χ3v) is 3.74. The number of nitrogens with one attached hydrogen (secondary N) is 1. The first-order valence-corrected chi connectivity index (χ1v) is 6.94. The summed E-state index contributed by atoms with van der Waals surface area (Å²) in [4.78, 5) is 0. The molecule has 0 amide bonds. The van der Waals surface area contributed by atoms with Gasteiger partial charge in [-0.05, 0) is 52.4 Å². The number of para-hydroxylation sites is 1. The Morgan fingerprint density at radius 1 is 1.30 bits per heavy atom. The summed E-state index contributed by atoms with van der Waals surface area (Å²) in [6, 6.07) is 12.0. The SMILES string of the molecule is NC(=NO)c1cc(F)ccc1CNc1ccccc1I. The fourth-order valence-corrected chi connectivity index (χ4v) is 2.37. The van der Waals surface area contributed by atoms with Crippen LogP contribution in [0.5, 0.6) is 0 Å². The molecule has 0 saturated carbocycles. The summed E-state index contributed by atoms with van der Waals surface area (Å²) < 4.78 is 14.3. The molecule has 0 saturated heterocycles. The lowest BCUT2D eigenvalue weighted by Crippen LogP contribution is -2.17. The Morgan fingerprint density at radius 3 is 2.75 bits per heavy atom. The molecule has 2 aromatic rings. The van der Waals surface area contributed by atoms with Crippen molar-refractivity contribution in [1.29, 1.82) is 0 Å². The van der Waals surface area contributed by atoms with Crippen LogP contribution in [0.2, 0.25) is 0 Å². The molecule has 104 valence electrons. The van der Waals surface area contributed by atoms with E-state index in [0.29, 0.717) is 12.1 Å². The van der Waals surface area contributed by atoms with E-state index in [0.717, 1.165) is 14.8 Å². The Morgan fingerprint density at radius 2 is 2.05 bits per heavy atom. The molecule has 0 aliphatic heterocycles. The highest BCUT2D eigenvalue weighted by atomic mass is 127. The molecular weight excluding hydrogens is 372 g/mol. The Kier molecular flexibility index (Phi) is 4.78. The van der Waals surface area contributed by atoms with Crippen LogP contribution in [0.4, 0.5) is 10.1 Å². The van der Waals surface area contributed by atoms with Crippen LogP contribution < -0.4 is 11.1 Å². The molecule has 0 aromatic heterocycles. The molecule has 4 nitrogen and oxygen atoms in total. The first-order chi connectivity index (χ1) is 9.61. The second-order valence-electron chi connectivity index (χ2n) is 4.12. The Bertz CT molecular complexity index is 646. The van der Waals surface area contributed by atoms with E-state index < -0.39 is 5.82 Å². The average Bonchev–Trinajstić information content (AvgIpc) is 2.46. The van der Waals surface area contributed by atoms with Crippen molar-refractivity contribution >= 4 is 34.1 Å². The van der Waals surface area contributed by atoms with Gasteiger partial charge >= 0.3 is 0 Å². The number of nitrogens with zero attached hydrogens (tertiary/aromatic N) is 1. The number of hydrogen-bond donors (Lipinski definition) is 3. The van der Waals surface area contributed by atoms with Crippen molar-refractivity contribution in [2.24, 2.45) is 10.9 Å². The minimum absolute atomic E-state index is 0.107. The Balaban J connectivity index is 2.24. The predicted molar refractivity (Wildman–Crippen MR) is 85.4 cm³/mol. The van der Waals surface area contributed by atoms with Crippen molar-refractivity contribution in [3.63, 3.8) is 0 Å². The number of rotatable bonds is 4. The first kappa shape index (κ1) is 14.6. The maximum absolute atomic E-state index is 13.3. The van der Waals surface area contributed by atoms with Crippen LogP contribution in [-0.4, -0.2) is 11.0 Å². The number of nitrogens with two attached hydrogens (primary N) is 1. The Hall–Kier alpha value is -1.83. The normalized spacial score (nSPS) is 11.4. The molecule has 4 N–H and O–H groups in total. The fraction of sp³-hybridized carbons (Fsp3) is 0.0714. The highest BCUT2D eigenvalue weighted by Gasteiger charge is 2.09. The van der Waals surface area contributed by atoms with E-state index in [1.165, 1.54) is 12.1 Å². The second kappa shape index (κ2) is 6.56. The molecule has 0 bridgehead atoms. The minimum atomic E-state index is -0.426. The van der Waals surface area contributed by atoms with Gasteiger partial charge in [0.2, 0.25) is 0 Å². The number of amidine groups is 1. The Labute approximate surface area is 129 Å². The lowest BCUT2D eigenvalue weighted by atomic mass is 10.1. The molecule has 0 spiro atoms. The third-order valence-electron chi connectivity index (χ3n) is 2.80. The molecule has 0 unspecified atom stereocenters. The smallest absolute Gasteiger partial charge is 0.170 e. The summed E-state index contributed by atoms with van der Waals surface area (Å²) in [7, 11) is 0. The summed E-state index contributed by atoms with van der Waals surface area (Å²) in [5.74, 6) is -0.534. The monoisotopic (exact) mass is 385 g/mol. The van der Waals surface area contributed by atoms with Crippen LogP contribution in [0.15, 0.2) is 47.6 Å². The van der Waals surface area contributed by atoms with E-state index in [2.05, 4.69) is 33.1 Å². The zero-order valence-corrected chi connectivity index (χ0v) is 12.6. The van der Waals surface area contributed by atoms with E-state index in [4.69, 9.17) is 10.9 Å². The summed E-state index contributed by atoms with van der Waals surface area (Å²) in [5.41, 5.74) is 7.67. The molecule has 0 radical (unpaired) electrons. The van der Waals surface area contributed by atoms with E-state index in [-0.39, 0.29) is 5.84 Å². The van der Waals surface area contributed by atoms with E-state index in [1.807, 2.05) is 24.3 Å². The van der Waals surface area contributed by atoms with Gasteiger partial charge in [0.15, 0.2) is 5.84 Å². The van der Waals surface area contributed by atoms with Crippen molar-refractivity contribution in [2.75, 3.05) is 5.32 Å². The summed E-state index contributed by atoms with van der Waals surface area (Å²) in [6.45, 7) is 0.450. The fourth-order valence-electron chi connectivity index (χ4n) is 1.79. The van der Waals surface area contributed by atoms with Crippen LogP contribution in [0.3, 0.4) is 0 Å². The lowest BCUT2D eigenvalue weighted by Gasteiger charge is -2.12. The van der Waals surface area contributed by atoms with Crippen LogP contribution in [0.1, 0.15) is 11.1 Å². The van der Waals surface area contributed by atoms with E-state index in [9.17, 15) is 4.39 Å². The summed E-state index contributed by atoms with van der Waals surface area (Å²) in [5, 5.41) is 14.9. The molecule has 2 aromatic carbocycles. The van der Waals surface area contributed by atoms with Crippen molar-refractivity contribution in [1.82, 2.24) is 0 Å². The zero-order chi connectivity index (χ0) is 14.5. The second-order valence-corrected chi connectivity index (χ2v) is 5.28. The number of halogens is 2. The zero-order valence-electron chi connectivity index (χ0n) is 10.5. The largest absolute Gasteiger partial charge is 0.409 e. The summed E-state index contributed by atoms with van der Waals surface area (Å²) in [6.07, 6.45) is 0. The highest BCUT2D eigenvalue weighted by Crippen LogP contribution is 2.19. The van der Waals surface area contributed by atoms with Crippen molar-refractivity contribution < 1.29 is 9.60 Å². The third kappa shape index (κ3) is 3.38. The van der Waals surface area contributed by atoms with Gasteiger partial charge in [-0.3, -0.25) is 0 Å². The van der Waals surface area contributed by atoms with Gasteiger partial charge in [0.05, 0.1) is 0 Å². The van der Waals surface area contributed by atoms with Gasteiger partial charge in [0.1, 0.15) is 5.82 Å². The number of hydrogen-bond acceptors (Lipinski definition) is 3. The molecule has 0 atom stereocenters. The molecule has 0 aliphatic carbocycles. The number of benzene rings is 2. The molecule has 6 heteroatoms. The maximum Gasteiger partial charge on any atom is 0.170 e. The van der Waals surface area contributed by atoms with Crippen LogP contribution in [0.25, 0.3) is 0 Å². The van der Waals surface area contributed by atoms with Gasteiger partial charge in [0, 0.05) is 21.4 Å². The predicted octanol–water partition coefficient (Wildman–Crippen LogP) is 3.14. The van der Waals surface area contributed by atoms with Crippen LogP contribution in [-0.2, 0) is 6.54 Å². The molecule has 20 heavy (non-hydrogen) atoms.